The predicted octanol–water partition coefficient (Wildman–Crippen LogP) is 3.08. The van der Waals surface area contributed by atoms with E-state index in [4.69, 9.17) is 5.73 Å². The molecule has 0 bridgehead atoms. The summed E-state index contributed by atoms with van der Waals surface area (Å²) in [6.45, 7) is 7.42. The molecule has 0 aliphatic rings. The summed E-state index contributed by atoms with van der Waals surface area (Å²) in [7, 11) is 0. The molecule has 0 saturated carbocycles. The standard InChI is InChI=1S/C15H21N3/c1-4-9-18-12(3)15(11(2)17-18)10-13-5-7-14(16)8-6-13/h5-8H,4,9-10,16H2,1-3H3. The molecule has 0 atom stereocenters. The van der Waals surface area contributed by atoms with E-state index in [-0.39, 0.29) is 0 Å². The van der Waals surface area contributed by atoms with Crippen LogP contribution < -0.4 is 5.73 Å². The van der Waals surface area contributed by atoms with Crippen molar-refractivity contribution in [3.63, 3.8) is 0 Å². The van der Waals surface area contributed by atoms with Crippen LogP contribution in [0.4, 0.5) is 5.69 Å². The van der Waals surface area contributed by atoms with Crippen molar-refractivity contribution >= 4 is 5.69 Å². The van der Waals surface area contributed by atoms with Crippen molar-refractivity contribution in [3.05, 3.63) is 46.8 Å². The highest BCUT2D eigenvalue weighted by Gasteiger charge is 2.11. The zero-order valence-corrected chi connectivity index (χ0v) is 11.4. The third-order valence-corrected chi connectivity index (χ3v) is 3.33. The summed E-state index contributed by atoms with van der Waals surface area (Å²) in [4.78, 5) is 0. The van der Waals surface area contributed by atoms with Crippen LogP contribution in [0.1, 0.15) is 35.9 Å². The second-order valence-corrected chi connectivity index (χ2v) is 4.79. The number of rotatable bonds is 4. The van der Waals surface area contributed by atoms with Crippen molar-refractivity contribution in [1.82, 2.24) is 9.78 Å². The minimum Gasteiger partial charge on any atom is -0.399 e. The lowest BCUT2D eigenvalue weighted by molar-refractivity contribution is 0.582. The molecule has 1 aromatic carbocycles. The number of nitrogen functional groups attached to an aromatic ring is 1. The smallest absolute Gasteiger partial charge is 0.0631 e. The van der Waals surface area contributed by atoms with Gasteiger partial charge in [-0.15, -0.1) is 0 Å². The molecule has 0 spiro atoms. The molecule has 96 valence electrons. The first kappa shape index (κ1) is 12.7. The number of anilines is 1. The lowest BCUT2D eigenvalue weighted by Crippen LogP contribution is -2.01. The maximum absolute atomic E-state index is 5.71. The third-order valence-electron chi connectivity index (χ3n) is 3.33. The van der Waals surface area contributed by atoms with Crippen molar-refractivity contribution in [2.45, 2.75) is 40.2 Å². The van der Waals surface area contributed by atoms with Crippen LogP contribution in [0.2, 0.25) is 0 Å². The summed E-state index contributed by atoms with van der Waals surface area (Å²) in [5.74, 6) is 0. The van der Waals surface area contributed by atoms with E-state index >= 15 is 0 Å². The number of hydrogen-bond donors (Lipinski definition) is 1. The van der Waals surface area contributed by atoms with Gasteiger partial charge in [-0.05, 0) is 38.0 Å². The Labute approximate surface area is 109 Å². The number of benzene rings is 1. The van der Waals surface area contributed by atoms with Crippen LogP contribution in [-0.2, 0) is 13.0 Å². The molecule has 1 heterocycles. The van der Waals surface area contributed by atoms with Gasteiger partial charge in [0, 0.05) is 29.9 Å². The fraction of sp³-hybridized carbons (Fsp3) is 0.400. The first-order chi connectivity index (χ1) is 8.61. The second kappa shape index (κ2) is 5.25. The molecule has 3 heteroatoms. The van der Waals surface area contributed by atoms with Gasteiger partial charge in [0.1, 0.15) is 0 Å². The van der Waals surface area contributed by atoms with E-state index in [0.29, 0.717) is 0 Å². The molecule has 0 radical (unpaired) electrons. The number of hydrogen-bond acceptors (Lipinski definition) is 2. The average Bonchev–Trinajstić information content (AvgIpc) is 2.60. The first-order valence-corrected chi connectivity index (χ1v) is 6.49. The molecule has 0 fully saturated rings. The van der Waals surface area contributed by atoms with Gasteiger partial charge in [0.15, 0.2) is 0 Å². The highest BCUT2D eigenvalue weighted by molar-refractivity contribution is 5.41. The van der Waals surface area contributed by atoms with Crippen LogP contribution in [0.25, 0.3) is 0 Å². The van der Waals surface area contributed by atoms with Gasteiger partial charge in [-0.3, -0.25) is 4.68 Å². The van der Waals surface area contributed by atoms with Crippen LogP contribution in [-0.4, -0.2) is 9.78 Å². The molecule has 0 unspecified atom stereocenters. The Balaban J connectivity index is 2.26. The van der Waals surface area contributed by atoms with Gasteiger partial charge >= 0.3 is 0 Å². The lowest BCUT2D eigenvalue weighted by atomic mass is 10.0. The maximum Gasteiger partial charge on any atom is 0.0631 e. The van der Waals surface area contributed by atoms with Gasteiger partial charge < -0.3 is 5.73 Å². The Kier molecular flexibility index (Phi) is 3.70. The average molecular weight is 243 g/mol. The minimum atomic E-state index is 0.814. The van der Waals surface area contributed by atoms with E-state index in [1.165, 1.54) is 16.8 Å². The van der Waals surface area contributed by atoms with Gasteiger partial charge in [0.25, 0.3) is 0 Å². The zero-order chi connectivity index (χ0) is 13.1. The Bertz CT molecular complexity index is 523. The molecule has 0 amide bonds. The Morgan fingerprint density at radius 2 is 1.83 bits per heavy atom. The normalized spacial score (nSPS) is 10.8. The summed E-state index contributed by atoms with van der Waals surface area (Å²) < 4.78 is 2.11. The summed E-state index contributed by atoms with van der Waals surface area (Å²) in [6.07, 6.45) is 2.05. The number of nitrogens with zero attached hydrogens (tertiary/aromatic N) is 2. The topological polar surface area (TPSA) is 43.8 Å². The van der Waals surface area contributed by atoms with Gasteiger partial charge in [-0.25, -0.2) is 0 Å². The molecule has 1 aromatic heterocycles. The van der Waals surface area contributed by atoms with Crippen LogP contribution in [0, 0.1) is 13.8 Å². The second-order valence-electron chi connectivity index (χ2n) is 4.79. The molecule has 0 aliphatic carbocycles. The van der Waals surface area contributed by atoms with Crippen molar-refractivity contribution in [3.8, 4) is 0 Å². The largest absolute Gasteiger partial charge is 0.399 e. The Morgan fingerprint density at radius 3 is 2.44 bits per heavy atom. The Hall–Kier alpha value is -1.77. The van der Waals surface area contributed by atoms with Gasteiger partial charge in [-0.1, -0.05) is 19.1 Å². The fourth-order valence-electron chi connectivity index (χ4n) is 2.26. The molecule has 0 aliphatic heterocycles. The summed E-state index contributed by atoms with van der Waals surface area (Å²) in [6, 6.07) is 8.09. The van der Waals surface area contributed by atoms with E-state index in [9.17, 15) is 0 Å². The number of aryl methyl sites for hydroxylation is 2. The maximum atomic E-state index is 5.71. The Morgan fingerprint density at radius 1 is 1.17 bits per heavy atom. The fourth-order valence-corrected chi connectivity index (χ4v) is 2.26. The molecule has 18 heavy (non-hydrogen) atoms. The minimum absolute atomic E-state index is 0.814. The van der Waals surface area contributed by atoms with Crippen LogP contribution in [0.3, 0.4) is 0 Å². The summed E-state index contributed by atoms with van der Waals surface area (Å²) in [5.41, 5.74) is 11.6. The van der Waals surface area contributed by atoms with Crippen molar-refractivity contribution in [2.75, 3.05) is 5.73 Å². The van der Waals surface area contributed by atoms with Crippen LogP contribution in [0.15, 0.2) is 24.3 Å². The molecule has 2 rings (SSSR count). The van der Waals surface area contributed by atoms with Gasteiger partial charge in [-0.2, -0.15) is 5.10 Å². The van der Waals surface area contributed by atoms with E-state index in [2.05, 4.69) is 42.7 Å². The highest BCUT2D eigenvalue weighted by atomic mass is 15.3. The summed E-state index contributed by atoms with van der Waals surface area (Å²) >= 11 is 0. The van der Waals surface area contributed by atoms with Crippen molar-refractivity contribution < 1.29 is 0 Å². The zero-order valence-electron chi connectivity index (χ0n) is 11.4. The van der Waals surface area contributed by atoms with Gasteiger partial charge in [0.2, 0.25) is 0 Å². The molecular formula is C15H21N3. The third kappa shape index (κ3) is 2.55. The molecule has 2 aromatic rings. The highest BCUT2D eigenvalue weighted by Crippen LogP contribution is 2.18. The molecule has 3 nitrogen and oxygen atoms in total. The van der Waals surface area contributed by atoms with Crippen LogP contribution >= 0.6 is 0 Å². The van der Waals surface area contributed by atoms with E-state index in [0.717, 1.165) is 30.8 Å². The first-order valence-electron chi connectivity index (χ1n) is 6.49. The van der Waals surface area contributed by atoms with E-state index in [1.54, 1.807) is 0 Å². The lowest BCUT2D eigenvalue weighted by Gasteiger charge is -2.05. The molecule has 0 saturated heterocycles. The SMILES string of the molecule is CCCn1nc(C)c(Cc2ccc(N)cc2)c1C. The molecule has 2 N–H and O–H groups in total. The van der Waals surface area contributed by atoms with Crippen molar-refractivity contribution in [1.29, 1.82) is 0 Å². The number of aromatic nitrogens is 2. The van der Waals surface area contributed by atoms with E-state index < -0.39 is 0 Å². The van der Waals surface area contributed by atoms with E-state index in [1.807, 2.05) is 12.1 Å². The van der Waals surface area contributed by atoms with Gasteiger partial charge in [0.05, 0.1) is 5.69 Å². The molecular weight excluding hydrogens is 222 g/mol. The number of nitrogens with two attached hydrogens (primary N) is 1. The quantitative estimate of drug-likeness (QED) is 0.839. The van der Waals surface area contributed by atoms with Crippen molar-refractivity contribution in [2.24, 2.45) is 0 Å². The summed E-state index contributed by atoms with van der Waals surface area (Å²) in [5, 5.41) is 4.61. The monoisotopic (exact) mass is 243 g/mol. The van der Waals surface area contributed by atoms with Crippen LogP contribution in [0.5, 0.6) is 0 Å². The predicted molar refractivity (Wildman–Crippen MR) is 75.7 cm³/mol.